The molecular weight excluding hydrogens is 360 g/mol. The number of amides is 1. The number of carbonyl (C=O) groups excluding carboxylic acids is 1. The van der Waals surface area contributed by atoms with Gasteiger partial charge < -0.3 is 14.5 Å². The van der Waals surface area contributed by atoms with E-state index >= 15 is 0 Å². The fraction of sp³-hybridized carbons (Fsp3) is 0.211. The molecule has 2 aromatic carbocycles. The van der Waals surface area contributed by atoms with Gasteiger partial charge in [-0.2, -0.15) is 0 Å². The van der Waals surface area contributed by atoms with Crippen LogP contribution in [-0.2, 0) is 4.79 Å². The first-order valence-electron chi connectivity index (χ1n) is 8.76. The van der Waals surface area contributed by atoms with Crippen molar-refractivity contribution in [1.29, 1.82) is 0 Å². The van der Waals surface area contributed by atoms with Gasteiger partial charge in [0.05, 0.1) is 5.69 Å². The van der Waals surface area contributed by atoms with Gasteiger partial charge in [-0.05, 0) is 60.7 Å². The summed E-state index contributed by atoms with van der Waals surface area (Å²) in [6.07, 6.45) is 0.810. The third-order valence-electron chi connectivity index (χ3n) is 4.17. The number of ether oxygens (including phenoxy) is 1. The Kier molecular flexibility index (Phi) is 4.71. The molecule has 9 heteroatoms. The van der Waals surface area contributed by atoms with Crippen LogP contribution in [0.2, 0.25) is 0 Å². The quantitative estimate of drug-likeness (QED) is 0.549. The summed E-state index contributed by atoms with van der Waals surface area (Å²) in [7, 11) is 0. The molecule has 0 radical (unpaired) electrons. The van der Waals surface area contributed by atoms with Crippen LogP contribution in [0.1, 0.15) is 25.8 Å². The molecule has 0 aliphatic heterocycles. The van der Waals surface area contributed by atoms with E-state index in [1.165, 1.54) is 11.0 Å². The van der Waals surface area contributed by atoms with E-state index in [2.05, 4.69) is 25.8 Å². The summed E-state index contributed by atoms with van der Waals surface area (Å²) < 4.78 is 12.9. The molecule has 1 N–H and O–H groups in total. The molecule has 2 aromatic heterocycles. The number of carbonyl (C=O) groups is 1. The molecule has 2 heterocycles. The van der Waals surface area contributed by atoms with Gasteiger partial charge in [-0.3, -0.25) is 4.79 Å². The van der Waals surface area contributed by atoms with Crippen LogP contribution >= 0.6 is 0 Å². The third kappa shape index (κ3) is 3.68. The third-order valence-corrected chi connectivity index (χ3v) is 4.17. The van der Waals surface area contributed by atoms with Gasteiger partial charge in [-0.1, -0.05) is 12.1 Å². The first kappa shape index (κ1) is 17.7. The van der Waals surface area contributed by atoms with Crippen LogP contribution in [0.5, 0.6) is 5.75 Å². The molecule has 0 bridgehead atoms. The first-order valence-corrected chi connectivity index (χ1v) is 8.76. The summed E-state index contributed by atoms with van der Waals surface area (Å²) in [6, 6.07) is 14.2. The standard InChI is InChI=1S/C19H18N6O3/c1-12(19-22-16-5-3-4-6-17(16)28-19)21-18(26)13(2)27-15-9-7-14(8-10-15)25-11-20-23-24-25/h3-13H,1-2H3,(H,21,26). The van der Waals surface area contributed by atoms with Gasteiger partial charge in [-0.15, -0.1) is 5.10 Å². The largest absolute Gasteiger partial charge is 0.481 e. The highest BCUT2D eigenvalue weighted by Gasteiger charge is 2.21. The molecule has 0 fully saturated rings. The molecule has 0 aliphatic rings. The Morgan fingerprint density at radius 1 is 1.14 bits per heavy atom. The number of aromatic nitrogens is 5. The van der Waals surface area contributed by atoms with Crippen molar-refractivity contribution in [2.45, 2.75) is 26.0 Å². The van der Waals surface area contributed by atoms with Crippen LogP contribution in [0.15, 0.2) is 59.3 Å². The number of fused-ring (bicyclic) bond motifs is 1. The Morgan fingerprint density at radius 2 is 1.93 bits per heavy atom. The summed E-state index contributed by atoms with van der Waals surface area (Å²) in [5, 5.41) is 13.9. The highest BCUT2D eigenvalue weighted by Crippen LogP contribution is 2.20. The van der Waals surface area contributed by atoms with Crippen molar-refractivity contribution in [2.24, 2.45) is 0 Å². The minimum Gasteiger partial charge on any atom is -0.481 e. The fourth-order valence-electron chi connectivity index (χ4n) is 2.68. The molecular formula is C19H18N6O3. The smallest absolute Gasteiger partial charge is 0.261 e. The summed E-state index contributed by atoms with van der Waals surface area (Å²) in [5.74, 6) is 0.751. The van der Waals surface area contributed by atoms with Crippen LogP contribution in [0, 0.1) is 0 Å². The molecule has 9 nitrogen and oxygen atoms in total. The predicted octanol–water partition coefficient (Wildman–Crippen LogP) is 2.45. The average molecular weight is 378 g/mol. The monoisotopic (exact) mass is 378 g/mol. The molecule has 4 aromatic rings. The second kappa shape index (κ2) is 7.47. The van der Waals surface area contributed by atoms with Gasteiger partial charge in [-0.25, -0.2) is 9.67 Å². The molecule has 0 saturated heterocycles. The van der Waals surface area contributed by atoms with Crippen molar-refractivity contribution in [2.75, 3.05) is 0 Å². The van der Waals surface area contributed by atoms with Gasteiger partial charge in [0.25, 0.3) is 5.91 Å². The van der Waals surface area contributed by atoms with Gasteiger partial charge in [0.15, 0.2) is 11.7 Å². The number of rotatable bonds is 6. The lowest BCUT2D eigenvalue weighted by molar-refractivity contribution is -0.128. The molecule has 2 unspecified atom stereocenters. The number of hydrogen-bond donors (Lipinski definition) is 1. The Morgan fingerprint density at radius 3 is 2.64 bits per heavy atom. The normalized spacial score (nSPS) is 13.2. The van der Waals surface area contributed by atoms with Crippen molar-refractivity contribution in [1.82, 2.24) is 30.5 Å². The number of nitrogens with one attached hydrogen (secondary N) is 1. The van der Waals surface area contributed by atoms with E-state index in [4.69, 9.17) is 9.15 Å². The van der Waals surface area contributed by atoms with Crippen LogP contribution < -0.4 is 10.1 Å². The second-order valence-corrected chi connectivity index (χ2v) is 6.26. The molecule has 2 atom stereocenters. The first-order chi connectivity index (χ1) is 13.6. The molecule has 142 valence electrons. The summed E-state index contributed by atoms with van der Waals surface area (Å²) in [6.45, 7) is 3.50. The topological polar surface area (TPSA) is 108 Å². The highest BCUT2D eigenvalue weighted by atomic mass is 16.5. The van der Waals surface area contributed by atoms with Crippen LogP contribution in [0.25, 0.3) is 16.8 Å². The number of oxazole rings is 1. The van der Waals surface area contributed by atoms with E-state index in [0.717, 1.165) is 11.2 Å². The maximum Gasteiger partial charge on any atom is 0.261 e. The lowest BCUT2D eigenvalue weighted by Gasteiger charge is -2.17. The second-order valence-electron chi connectivity index (χ2n) is 6.26. The molecule has 1 amide bonds. The minimum atomic E-state index is -0.689. The molecule has 0 spiro atoms. The number of tetrazole rings is 1. The zero-order valence-corrected chi connectivity index (χ0v) is 15.3. The summed E-state index contributed by atoms with van der Waals surface area (Å²) >= 11 is 0. The maximum atomic E-state index is 12.5. The van der Waals surface area contributed by atoms with E-state index in [1.807, 2.05) is 31.2 Å². The van der Waals surface area contributed by atoms with Gasteiger partial charge in [0, 0.05) is 0 Å². The van der Waals surface area contributed by atoms with Gasteiger partial charge in [0.2, 0.25) is 5.89 Å². The Bertz CT molecular complexity index is 1040. The summed E-state index contributed by atoms with van der Waals surface area (Å²) in [5.41, 5.74) is 2.23. The zero-order chi connectivity index (χ0) is 19.5. The lowest BCUT2D eigenvalue weighted by atomic mass is 10.2. The molecule has 4 rings (SSSR count). The van der Waals surface area contributed by atoms with Crippen LogP contribution in [0.3, 0.4) is 0 Å². The van der Waals surface area contributed by atoms with Crippen molar-refractivity contribution < 1.29 is 13.9 Å². The van der Waals surface area contributed by atoms with E-state index in [0.29, 0.717) is 17.2 Å². The molecule has 0 aliphatic carbocycles. The van der Waals surface area contributed by atoms with E-state index in [-0.39, 0.29) is 11.9 Å². The van der Waals surface area contributed by atoms with Crippen LogP contribution in [0.4, 0.5) is 0 Å². The maximum absolute atomic E-state index is 12.5. The van der Waals surface area contributed by atoms with E-state index in [9.17, 15) is 4.79 Å². The van der Waals surface area contributed by atoms with Gasteiger partial charge in [0.1, 0.15) is 23.6 Å². The van der Waals surface area contributed by atoms with Crippen molar-refractivity contribution in [3.8, 4) is 11.4 Å². The van der Waals surface area contributed by atoms with Crippen molar-refractivity contribution >= 4 is 17.0 Å². The molecule has 0 saturated carbocycles. The number of para-hydroxylation sites is 2. The minimum absolute atomic E-state index is 0.265. The van der Waals surface area contributed by atoms with Crippen molar-refractivity contribution in [3.63, 3.8) is 0 Å². The van der Waals surface area contributed by atoms with E-state index < -0.39 is 6.10 Å². The summed E-state index contributed by atoms with van der Waals surface area (Å²) in [4.78, 5) is 16.9. The van der Waals surface area contributed by atoms with Crippen LogP contribution in [-0.4, -0.2) is 37.2 Å². The van der Waals surface area contributed by atoms with E-state index in [1.54, 1.807) is 31.2 Å². The Hall–Kier alpha value is -3.75. The Balaban J connectivity index is 1.37. The average Bonchev–Trinajstić information content (AvgIpc) is 3.38. The predicted molar refractivity (Wildman–Crippen MR) is 99.8 cm³/mol. The fourth-order valence-corrected chi connectivity index (χ4v) is 2.68. The lowest BCUT2D eigenvalue weighted by Crippen LogP contribution is -2.37. The zero-order valence-electron chi connectivity index (χ0n) is 15.3. The number of nitrogens with zero attached hydrogens (tertiary/aromatic N) is 5. The Labute approximate surface area is 160 Å². The highest BCUT2D eigenvalue weighted by molar-refractivity contribution is 5.81. The SMILES string of the molecule is CC(Oc1ccc(-n2cnnn2)cc1)C(=O)NC(C)c1nc2ccccc2o1. The number of benzene rings is 2. The van der Waals surface area contributed by atoms with Gasteiger partial charge >= 0.3 is 0 Å². The van der Waals surface area contributed by atoms with Crippen molar-refractivity contribution in [3.05, 3.63) is 60.7 Å². The molecule has 28 heavy (non-hydrogen) atoms. The number of hydrogen-bond acceptors (Lipinski definition) is 7.